The van der Waals surface area contributed by atoms with Crippen LogP contribution in [0.25, 0.3) is 0 Å². The zero-order valence-corrected chi connectivity index (χ0v) is 9.34. The summed E-state index contributed by atoms with van der Waals surface area (Å²) in [5, 5.41) is 2.74. The van der Waals surface area contributed by atoms with Crippen molar-refractivity contribution in [1.29, 1.82) is 0 Å². The third kappa shape index (κ3) is 4.12. The van der Waals surface area contributed by atoms with Crippen molar-refractivity contribution in [2.45, 2.75) is 19.9 Å². The van der Waals surface area contributed by atoms with E-state index < -0.39 is 0 Å². The minimum Gasteiger partial charge on any atom is -0.467 e. The van der Waals surface area contributed by atoms with E-state index in [1.54, 1.807) is 25.3 Å². The quantitative estimate of drug-likeness (QED) is 0.740. The Bertz CT molecular complexity index is 335. The normalized spacial score (nSPS) is 12.1. The van der Waals surface area contributed by atoms with Gasteiger partial charge in [-0.3, -0.25) is 4.79 Å². The summed E-state index contributed by atoms with van der Waals surface area (Å²) in [6, 6.07) is 3.58. The largest absolute Gasteiger partial charge is 0.467 e. The van der Waals surface area contributed by atoms with Crippen LogP contribution in [-0.4, -0.2) is 10.9 Å². The summed E-state index contributed by atoms with van der Waals surface area (Å²) in [4.78, 5) is 11.9. The molecule has 82 valence electrons. The fourth-order valence-electron chi connectivity index (χ4n) is 1.16. The Morgan fingerprint density at radius 1 is 1.73 bits per heavy atom. The highest BCUT2D eigenvalue weighted by Crippen LogP contribution is 2.03. The molecule has 1 rings (SSSR count). The van der Waals surface area contributed by atoms with Gasteiger partial charge < -0.3 is 15.5 Å². The van der Waals surface area contributed by atoms with Crippen LogP contribution in [0.1, 0.15) is 19.1 Å². The maximum absolute atomic E-state index is 11.5. The van der Waals surface area contributed by atoms with Crippen molar-refractivity contribution in [2.75, 3.05) is 0 Å². The predicted octanol–water partition coefficient (Wildman–Crippen LogP) is 1.21. The summed E-state index contributed by atoms with van der Waals surface area (Å²) in [6.45, 7) is 2.18. The average Bonchev–Trinajstić information content (AvgIpc) is 2.65. The lowest BCUT2D eigenvalue weighted by Crippen LogP contribution is -2.30. The van der Waals surface area contributed by atoms with E-state index in [9.17, 15) is 4.79 Å². The lowest BCUT2D eigenvalue weighted by Gasteiger charge is -2.09. The van der Waals surface area contributed by atoms with Gasteiger partial charge in [-0.2, -0.15) is 0 Å². The maximum Gasteiger partial charge on any atom is 0.223 e. The minimum absolute atomic E-state index is 0.0702. The zero-order valence-electron chi connectivity index (χ0n) is 8.53. The minimum atomic E-state index is -0.197. The van der Waals surface area contributed by atoms with E-state index in [4.69, 9.17) is 22.4 Å². The molecule has 1 aromatic heterocycles. The monoisotopic (exact) mass is 226 g/mol. The molecule has 1 amide bonds. The zero-order chi connectivity index (χ0) is 11.3. The first-order valence-corrected chi connectivity index (χ1v) is 5.09. The Hall–Kier alpha value is -1.36. The highest BCUT2D eigenvalue weighted by molar-refractivity contribution is 7.80. The molecular formula is C10H14N2O2S. The van der Waals surface area contributed by atoms with Crippen LogP contribution in [0.4, 0.5) is 0 Å². The summed E-state index contributed by atoms with van der Waals surface area (Å²) < 4.78 is 5.08. The predicted molar refractivity (Wildman–Crippen MR) is 61.1 cm³/mol. The molecule has 1 aromatic rings. The van der Waals surface area contributed by atoms with Crippen LogP contribution in [0.5, 0.6) is 0 Å². The summed E-state index contributed by atoms with van der Waals surface area (Å²) in [6.07, 6.45) is 2.00. The van der Waals surface area contributed by atoms with E-state index in [0.29, 0.717) is 18.0 Å². The van der Waals surface area contributed by atoms with Gasteiger partial charge in [0.25, 0.3) is 0 Å². The van der Waals surface area contributed by atoms with E-state index in [1.807, 2.05) is 0 Å². The Labute approximate surface area is 93.8 Å². The van der Waals surface area contributed by atoms with Gasteiger partial charge in [-0.1, -0.05) is 19.1 Å². The van der Waals surface area contributed by atoms with Gasteiger partial charge in [-0.15, -0.1) is 0 Å². The van der Waals surface area contributed by atoms with Crippen LogP contribution in [0.15, 0.2) is 22.8 Å². The number of furan rings is 1. The van der Waals surface area contributed by atoms with Crippen LogP contribution < -0.4 is 11.1 Å². The van der Waals surface area contributed by atoms with E-state index in [1.165, 1.54) is 0 Å². The molecule has 15 heavy (non-hydrogen) atoms. The number of nitrogens with two attached hydrogens (primary N) is 1. The first kappa shape index (κ1) is 11.7. The molecule has 3 N–H and O–H groups in total. The Kier molecular flexibility index (Phi) is 4.30. The molecular weight excluding hydrogens is 212 g/mol. The second-order valence-corrected chi connectivity index (χ2v) is 3.89. The first-order valence-electron chi connectivity index (χ1n) is 4.68. The molecule has 1 unspecified atom stereocenters. The van der Waals surface area contributed by atoms with Crippen LogP contribution in [-0.2, 0) is 11.3 Å². The number of rotatable bonds is 5. The molecule has 1 atom stereocenters. The van der Waals surface area contributed by atoms with Gasteiger partial charge in [0.05, 0.1) is 17.8 Å². The SMILES string of the molecule is CC(CC(N)=S)C(=O)NCc1ccco1. The molecule has 0 bridgehead atoms. The maximum atomic E-state index is 11.5. The molecule has 0 fully saturated rings. The molecule has 0 spiro atoms. The third-order valence-electron chi connectivity index (χ3n) is 1.97. The molecule has 1 heterocycles. The molecule has 0 saturated heterocycles. The lowest BCUT2D eigenvalue weighted by molar-refractivity contribution is -0.124. The van der Waals surface area contributed by atoms with Crippen LogP contribution in [0, 0.1) is 5.92 Å². The van der Waals surface area contributed by atoms with Gasteiger partial charge in [0.2, 0.25) is 5.91 Å². The fraction of sp³-hybridized carbons (Fsp3) is 0.400. The molecule has 4 nitrogen and oxygen atoms in total. The van der Waals surface area contributed by atoms with Crippen molar-refractivity contribution < 1.29 is 9.21 Å². The number of nitrogens with one attached hydrogen (secondary N) is 1. The van der Waals surface area contributed by atoms with Crippen LogP contribution in [0.2, 0.25) is 0 Å². The van der Waals surface area contributed by atoms with Gasteiger partial charge in [0.15, 0.2) is 0 Å². The Morgan fingerprint density at radius 2 is 2.47 bits per heavy atom. The molecule has 5 heteroatoms. The molecule has 0 saturated carbocycles. The molecule has 0 aromatic carbocycles. The van der Waals surface area contributed by atoms with Gasteiger partial charge in [-0.25, -0.2) is 0 Å². The average molecular weight is 226 g/mol. The van der Waals surface area contributed by atoms with Crippen molar-refractivity contribution in [3.05, 3.63) is 24.2 Å². The van der Waals surface area contributed by atoms with Gasteiger partial charge in [0, 0.05) is 12.3 Å². The Balaban J connectivity index is 2.32. The molecule has 0 radical (unpaired) electrons. The van der Waals surface area contributed by atoms with E-state index >= 15 is 0 Å². The second kappa shape index (κ2) is 5.50. The number of carbonyl (C=O) groups excluding carboxylic acids is 1. The van der Waals surface area contributed by atoms with Crippen LogP contribution >= 0.6 is 12.2 Å². The lowest BCUT2D eigenvalue weighted by atomic mass is 10.1. The highest BCUT2D eigenvalue weighted by atomic mass is 32.1. The number of hydrogen-bond donors (Lipinski definition) is 2. The number of amides is 1. The van der Waals surface area contributed by atoms with Crippen molar-refractivity contribution in [3.63, 3.8) is 0 Å². The standard InChI is InChI=1S/C10H14N2O2S/c1-7(5-9(11)15)10(13)12-6-8-3-2-4-14-8/h2-4,7H,5-6H2,1H3,(H2,11,15)(H,12,13). The van der Waals surface area contributed by atoms with Gasteiger partial charge >= 0.3 is 0 Å². The van der Waals surface area contributed by atoms with Gasteiger partial charge in [-0.05, 0) is 12.1 Å². The Morgan fingerprint density at radius 3 is 3.00 bits per heavy atom. The summed E-state index contributed by atoms with van der Waals surface area (Å²) in [5.74, 6) is 0.461. The number of thiocarbonyl (C=S) groups is 1. The molecule has 0 aliphatic carbocycles. The topological polar surface area (TPSA) is 68.3 Å². The van der Waals surface area contributed by atoms with Crippen molar-refractivity contribution in [2.24, 2.45) is 11.7 Å². The molecule has 0 aliphatic heterocycles. The second-order valence-electron chi connectivity index (χ2n) is 3.37. The summed E-state index contributed by atoms with van der Waals surface area (Å²) in [5.41, 5.74) is 5.35. The molecule has 0 aliphatic rings. The summed E-state index contributed by atoms with van der Waals surface area (Å²) >= 11 is 4.73. The summed E-state index contributed by atoms with van der Waals surface area (Å²) in [7, 11) is 0. The first-order chi connectivity index (χ1) is 7.09. The van der Waals surface area contributed by atoms with Gasteiger partial charge in [0.1, 0.15) is 5.76 Å². The number of carbonyl (C=O) groups is 1. The fourth-order valence-corrected chi connectivity index (χ4v) is 1.41. The van der Waals surface area contributed by atoms with Crippen LogP contribution in [0.3, 0.4) is 0 Å². The van der Waals surface area contributed by atoms with E-state index in [0.717, 1.165) is 5.76 Å². The van der Waals surface area contributed by atoms with Crippen molar-refractivity contribution >= 4 is 23.1 Å². The van der Waals surface area contributed by atoms with Crippen molar-refractivity contribution in [1.82, 2.24) is 5.32 Å². The number of hydrogen-bond acceptors (Lipinski definition) is 3. The highest BCUT2D eigenvalue weighted by Gasteiger charge is 2.13. The van der Waals surface area contributed by atoms with Crippen molar-refractivity contribution in [3.8, 4) is 0 Å². The smallest absolute Gasteiger partial charge is 0.223 e. The van der Waals surface area contributed by atoms with E-state index in [-0.39, 0.29) is 11.8 Å². The third-order valence-corrected chi connectivity index (χ3v) is 2.14. The van der Waals surface area contributed by atoms with E-state index in [2.05, 4.69) is 5.32 Å².